The first kappa shape index (κ1) is 23.0. The highest BCUT2D eigenvalue weighted by Gasteiger charge is 2.22. The van der Waals surface area contributed by atoms with Crippen molar-refractivity contribution in [2.45, 2.75) is 20.4 Å². The number of carbonyl (C=O) groups is 1. The maximum absolute atomic E-state index is 13.3. The molecule has 0 saturated heterocycles. The monoisotopic (exact) mass is 465 g/mol. The zero-order chi connectivity index (χ0) is 24.4. The summed E-state index contributed by atoms with van der Waals surface area (Å²) >= 11 is 0. The second kappa shape index (κ2) is 9.34. The molecule has 1 amide bonds. The molecule has 2 heterocycles. The fourth-order valence-electron chi connectivity index (χ4n) is 3.73. The quantitative estimate of drug-likeness (QED) is 0.450. The molecule has 2 aromatic heterocycles. The summed E-state index contributed by atoms with van der Waals surface area (Å²) in [7, 11) is 2.99. The Morgan fingerprint density at radius 3 is 2.47 bits per heavy atom. The van der Waals surface area contributed by atoms with E-state index in [0.717, 1.165) is 0 Å². The SMILES string of the molecule is CCN(Cc1nc2cc(OC)c(OC)cc2c(=O)[nH]1)C(=O)c1cnn(-c2ccc(F)cc2)c1C. The average Bonchev–Trinajstić information content (AvgIpc) is 3.22. The molecule has 0 bridgehead atoms. The zero-order valence-electron chi connectivity index (χ0n) is 19.3. The van der Waals surface area contributed by atoms with Gasteiger partial charge in [0.1, 0.15) is 11.6 Å². The number of hydrogen-bond donors (Lipinski definition) is 1. The Balaban J connectivity index is 1.64. The number of benzene rings is 2. The smallest absolute Gasteiger partial charge is 0.258 e. The summed E-state index contributed by atoms with van der Waals surface area (Å²) in [4.78, 5) is 34.8. The normalized spacial score (nSPS) is 11.0. The molecule has 0 unspecified atom stereocenters. The number of nitrogens with zero attached hydrogens (tertiary/aromatic N) is 4. The van der Waals surface area contributed by atoms with Crippen molar-refractivity contribution in [2.75, 3.05) is 20.8 Å². The molecule has 4 rings (SSSR count). The third kappa shape index (κ3) is 4.21. The van der Waals surface area contributed by atoms with Crippen molar-refractivity contribution >= 4 is 16.8 Å². The van der Waals surface area contributed by atoms with Gasteiger partial charge in [0.2, 0.25) is 0 Å². The van der Waals surface area contributed by atoms with E-state index in [4.69, 9.17) is 9.47 Å². The van der Waals surface area contributed by atoms with E-state index in [2.05, 4.69) is 15.1 Å². The maximum Gasteiger partial charge on any atom is 0.258 e. The van der Waals surface area contributed by atoms with Gasteiger partial charge in [0.15, 0.2) is 11.5 Å². The first-order valence-corrected chi connectivity index (χ1v) is 10.6. The van der Waals surface area contributed by atoms with Crippen LogP contribution in [0.4, 0.5) is 4.39 Å². The molecule has 1 N–H and O–H groups in total. The summed E-state index contributed by atoms with van der Waals surface area (Å²) in [6, 6.07) is 9.05. The Hall–Kier alpha value is -4.21. The van der Waals surface area contributed by atoms with Gasteiger partial charge in [0.25, 0.3) is 11.5 Å². The van der Waals surface area contributed by atoms with Gasteiger partial charge >= 0.3 is 0 Å². The Kier molecular flexibility index (Phi) is 6.31. The summed E-state index contributed by atoms with van der Waals surface area (Å²) in [5.74, 6) is 0.599. The van der Waals surface area contributed by atoms with Gasteiger partial charge in [0.05, 0.1) is 54.8 Å². The van der Waals surface area contributed by atoms with Crippen LogP contribution in [0.5, 0.6) is 11.5 Å². The van der Waals surface area contributed by atoms with Gasteiger partial charge in [-0.15, -0.1) is 0 Å². The van der Waals surface area contributed by atoms with Crippen LogP contribution in [0.25, 0.3) is 16.6 Å². The minimum Gasteiger partial charge on any atom is -0.493 e. The van der Waals surface area contributed by atoms with E-state index in [0.29, 0.717) is 51.7 Å². The maximum atomic E-state index is 13.3. The van der Waals surface area contributed by atoms with Crippen LogP contribution in [0.3, 0.4) is 0 Å². The molecule has 4 aromatic rings. The number of halogens is 1. The molecule has 34 heavy (non-hydrogen) atoms. The molecule has 0 saturated carbocycles. The number of aromatic amines is 1. The molecule has 0 radical (unpaired) electrons. The van der Waals surface area contributed by atoms with E-state index < -0.39 is 0 Å². The molecule has 2 aromatic carbocycles. The van der Waals surface area contributed by atoms with Crippen molar-refractivity contribution in [1.82, 2.24) is 24.6 Å². The molecule has 10 heteroatoms. The Morgan fingerprint density at radius 1 is 1.15 bits per heavy atom. The van der Waals surface area contributed by atoms with Gasteiger partial charge in [-0.05, 0) is 44.2 Å². The Labute approximate surface area is 194 Å². The second-order valence-corrected chi connectivity index (χ2v) is 7.59. The van der Waals surface area contributed by atoms with E-state index in [1.54, 1.807) is 40.8 Å². The first-order chi connectivity index (χ1) is 16.4. The number of methoxy groups -OCH3 is 2. The fourth-order valence-corrected chi connectivity index (χ4v) is 3.73. The summed E-state index contributed by atoms with van der Waals surface area (Å²) in [6.45, 7) is 4.08. The average molecular weight is 465 g/mol. The topological polar surface area (TPSA) is 102 Å². The Bertz CT molecular complexity index is 1410. The summed E-state index contributed by atoms with van der Waals surface area (Å²) < 4.78 is 25.4. The molecule has 0 fully saturated rings. The van der Waals surface area contributed by atoms with Crippen LogP contribution in [-0.4, -0.2) is 51.3 Å². The molecule has 0 spiro atoms. The molecule has 176 valence electrons. The number of H-pyrrole nitrogens is 1. The highest BCUT2D eigenvalue weighted by atomic mass is 19.1. The van der Waals surface area contributed by atoms with Gasteiger partial charge in [-0.1, -0.05) is 0 Å². The van der Waals surface area contributed by atoms with Gasteiger partial charge < -0.3 is 19.4 Å². The predicted octanol–water partition coefficient (Wildman–Crippen LogP) is 3.24. The van der Waals surface area contributed by atoms with Crippen molar-refractivity contribution in [1.29, 1.82) is 0 Å². The lowest BCUT2D eigenvalue weighted by atomic mass is 10.2. The van der Waals surface area contributed by atoms with Crippen molar-refractivity contribution in [2.24, 2.45) is 0 Å². The van der Waals surface area contributed by atoms with Crippen LogP contribution >= 0.6 is 0 Å². The predicted molar refractivity (Wildman–Crippen MR) is 124 cm³/mol. The van der Waals surface area contributed by atoms with Gasteiger partial charge in [-0.3, -0.25) is 9.59 Å². The van der Waals surface area contributed by atoms with Crippen molar-refractivity contribution in [3.63, 3.8) is 0 Å². The molecule has 9 nitrogen and oxygen atoms in total. The third-order valence-electron chi connectivity index (χ3n) is 5.58. The van der Waals surface area contributed by atoms with Gasteiger partial charge in [-0.25, -0.2) is 14.1 Å². The van der Waals surface area contributed by atoms with E-state index in [1.165, 1.54) is 32.5 Å². The summed E-state index contributed by atoms with van der Waals surface area (Å²) in [5.41, 5.74) is 1.75. The first-order valence-electron chi connectivity index (χ1n) is 10.6. The van der Waals surface area contributed by atoms with Crippen LogP contribution in [0.2, 0.25) is 0 Å². The zero-order valence-corrected chi connectivity index (χ0v) is 19.3. The summed E-state index contributed by atoms with van der Waals surface area (Å²) in [6.07, 6.45) is 1.48. The Morgan fingerprint density at radius 2 is 1.82 bits per heavy atom. The van der Waals surface area contributed by atoms with E-state index in [-0.39, 0.29) is 23.8 Å². The van der Waals surface area contributed by atoms with Crippen molar-refractivity contribution in [3.8, 4) is 17.2 Å². The van der Waals surface area contributed by atoms with Gasteiger partial charge in [-0.2, -0.15) is 5.10 Å². The number of carbonyl (C=O) groups excluding carboxylic acids is 1. The molecule has 0 aliphatic carbocycles. The minimum atomic E-state index is -0.352. The number of aromatic nitrogens is 4. The highest BCUT2D eigenvalue weighted by Crippen LogP contribution is 2.30. The largest absolute Gasteiger partial charge is 0.493 e. The van der Waals surface area contributed by atoms with Crippen LogP contribution in [0, 0.1) is 12.7 Å². The number of ether oxygens (including phenoxy) is 2. The lowest BCUT2D eigenvalue weighted by Gasteiger charge is -2.20. The van der Waals surface area contributed by atoms with Crippen LogP contribution < -0.4 is 15.0 Å². The molecule has 0 atom stereocenters. The minimum absolute atomic E-state index is 0.0933. The number of hydrogen-bond acceptors (Lipinski definition) is 6. The lowest BCUT2D eigenvalue weighted by molar-refractivity contribution is 0.0747. The fraction of sp³-hybridized carbons (Fsp3) is 0.250. The molecular formula is C24H24FN5O4. The van der Waals surface area contributed by atoms with E-state index in [9.17, 15) is 14.0 Å². The summed E-state index contributed by atoms with van der Waals surface area (Å²) in [5, 5.41) is 4.65. The van der Waals surface area contributed by atoms with Gasteiger partial charge in [0, 0.05) is 12.6 Å². The van der Waals surface area contributed by atoms with Crippen molar-refractivity contribution in [3.05, 3.63) is 75.8 Å². The van der Waals surface area contributed by atoms with E-state index >= 15 is 0 Å². The number of rotatable bonds is 7. The molecular weight excluding hydrogens is 441 g/mol. The molecule has 0 aliphatic rings. The lowest BCUT2D eigenvalue weighted by Crippen LogP contribution is -2.32. The number of fused-ring (bicyclic) bond motifs is 1. The molecule has 0 aliphatic heterocycles. The van der Waals surface area contributed by atoms with E-state index in [1.807, 2.05) is 6.92 Å². The third-order valence-corrected chi connectivity index (χ3v) is 5.58. The van der Waals surface area contributed by atoms with Crippen LogP contribution in [0.15, 0.2) is 47.4 Å². The highest BCUT2D eigenvalue weighted by molar-refractivity contribution is 5.95. The second-order valence-electron chi connectivity index (χ2n) is 7.59. The van der Waals surface area contributed by atoms with Crippen molar-refractivity contribution < 1.29 is 18.7 Å². The number of amides is 1. The number of nitrogens with one attached hydrogen (secondary N) is 1. The van der Waals surface area contributed by atoms with Crippen LogP contribution in [0.1, 0.15) is 28.8 Å². The standard InChI is InChI=1S/C24H24FN5O4/c1-5-29(24(32)18-12-26-30(14(18)2)16-8-6-15(25)7-9-16)13-22-27-19-11-21(34-4)20(33-3)10-17(19)23(31)28-22/h6-12H,5,13H2,1-4H3,(H,27,28,31). The van der Waals surface area contributed by atoms with Crippen LogP contribution in [-0.2, 0) is 6.54 Å².